The van der Waals surface area contributed by atoms with Gasteiger partial charge in [0.05, 0.1) is 5.69 Å². The summed E-state index contributed by atoms with van der Waals surface area (Å²) in [5, 5.41) is 8.83. The first-order valence-corrected chi connectivity index (χ1v) is 5.48. The number of aryl methyl sites for hydroxylation is 1. The summed E-state index contributed by atoms with van der Waals surface area (Å²) in [6.07, 6.45) is 0. The molecule has 19 heavy (non-hydrogen) atoms. The van der Waals surface area contributed by atoms with E-state index in [2.05, 4.69) is 15.5 Å². The van der Waals surface area contributed by atoms with Crippen LogP contribution in [0, 0.1) is 25.5 Å². The number of benzene rings is 1. The van der Waals surface area contributed by atoms with Crippen LogP contribution in [0.1, 0.15) is 21.6 Å². The maximum absolute atomic E-state index is 13.7. The molecule has 0 bridgehead atoms. The number of aromatic amines is 1. The van der Waals surface area contributed by atoms with Gasteiger partial charge in [0.15, 0.2) is 11.6 Å². The van der Waals surface area contributed by atoms with Gasteiger partial charge >= 0.3 is 0 Å². The second-order valence-corrected chi connectivity index (χ2v) is 4.10. The summed E-state index contributed by atoms with van der Waals surface area (Å²) in [7, 11) is 0. The minimum Gasteiger partial charge on any atom is -0.396 e. The SMILES string of the molecule is Cc1[nH]nc(NC(=O)c2c(F)ccc(N)c2F)c1C. The molecule has 0 radical (unpaired) electrons. The Hall–Kier alpha value is -2.44. The normalized spacial score (nSPS) is 10.5. The smallest absolute Gasteiger partial charge is 0.262 e. The van der Waals surface area contributed by atoms with Crippen molar-refractivity contribution in [2.45, 2.75) is 13.8 Å². The van der Waals surface area contributed by atoms with Crippen molar-refractivity contribution in [2.24, 2.45) is 0 Å². The van der Waals surface area contributed by atoms with Crippen LogP contribution in [0.2, 0.25) is 0 Å². The van der Waals surface area contributed by atoms with Gasteiger partial charge in [0, 0.05) is 11.3 Å². The highest BCUT2D eigenvalue weighted by Crippen LogP contribution is 2.21. The lowest BCUT2D eigenvalue weighted by Crippen LogP contribution is -2.17. The molecule has 7 heteroatoms. The van der Waals surface area contributed by atoms with Crippen molar-refractivity contribution in [2.75, 3.05) is 11.1 Å². The van der Waals surface area contributed by atoms with Crippen LogP contribution < -0.4 is 11.1 Å². The van der Waals surface area contributed by atoms with Gasteiger partial charge in [0.25, 0.3) is 5.91 Å². The summed E-state index contributed by atoms with van der Waals surface area (Å²) >= 11 is 0. The van der Waals surface area contributed by atoms with Gasteiger partial charge < -0.3 is 11.1 Å². The monoisotopic (exact) mass is 266 g/mol. The van der Waals surface area contributed by atoms with E-state index in [0.29, 0.717) is 5.56 Å². The molecule has 0 spiro atoms. The first kappa shape index (κ1) is 13.0. The highest BCUT2D eigenvalue weighted by Gasteiger charge is 2.21. The predicted octanol–water partition coefficient (Wildman–Crippen LogP) is 2.14. The molecule has 2 rings (SSSR count). The van der Waals surface area contributed by atoms with Gasteiger partial charge in [-0.1, -0.05) is 0 Å². The van der Waals surface area contributed by atoms with Crippen molar-refractivity contribution < 1.29 is 13.6 Å². The first-order valence-electron chi connectivity index (χ1n) is 5.48. The summed E-state index contributed by atoms with van der Waals surface area (Å²) in [5.74, 6) is -2.77. The Morgan fingerprint density at radius 2 is 2.05 bits per heavy atom. The number of aromatic nitrogens is 2. The fourth-order valence-electron chi connectivity index (χ4n) is 1.55. The van der Waals surface area contributed by atoms with E-state index >= 15 is 0 Å². The lowest BCUT2D eigenvalue weighted by Gasteiger charge is -2.07. The molecular formula is C12H12F2N4O. The minimum absolute atomic E-state index is 0.226. The molecule has 0 aliphatic heterocycles. The largest absolute Gasteiger partial charge is 0.396 e. The Labute approximate surface area is 107 Å². The van der Waals surface area contributed by atoms with Crippen molar-refractivity contribution in [1.82, 2.24) is 10.2 Å². The average Bonchev–Trinajstić information content (AvgIpc) is 2.66. The van der Waals surface area contributed by atoms with E-state index in [4.69, 9.17) is 5.73 Å². The molecule has 0 fully saturated rings. The Morgan fingerprint density at radius 1 is 1.37 bits per heavy atom. The highest BCUT2D eigenvalue weighted by atomic mass is 19.1. The van der Waals surface area contributed by atoms with E-state index in [9.17, 15) is 13.6 Å². The number of H-pyrrole nitrogens is 1. The number of amides is 1. The molecule has 1 amide bonds. The number of halogens is 2. The van der Waals surface area contributed by atoms with Gasteiger partial charge in [0.2, 0.25) is 0 Å². The molecule has 4 N–H and O–H groups in total. The number of nitrogens with zero attached hydrogens (tertiary/aromatic N) is 1. The number of carbonyl (C=O) groups excluding carboxylic acids is 1. The van der Waals surface area contributed by atoms with E-state index in [0.717, 1.165) is 17.8 Å². The molecule has 1 heterocycles. The quantitative estimate of drug-likeness (QED) is 0.728. The van der Waals surface area contributed by atoms with Gasteiger partial charge in [-0.05, 0) is 26.0 Å². The topological polar surface area (TPSA) is 83.8 Å². The number of rotatable bonds is 2. The molecule has 1 aromatic heterocycles. The molecule has 0 saturated heterocycles. The maximum atomic E-state index is 13.7. The average molecular weight is 266 g/mol. The van der Waals surface area contributed by atoms with Crippen LogP contribution in [0.25, 0.3) is 0 Å². The third-order valence-corrected chi connectivity index (χ3v) is 2.83. The minimum atomic E-state index is -1.08. The van der Waals surface area contributed by atoms with Gasteiger partial charge in [-0.2, -0.15) is 5.10 Å². The highest BCUT2D eigenvalue weighted by molar-refractivity contribution is 6.05. The van der Waals surface area contributed by atoms with Crippen molar-refractivity contribution in [1.29, 1.82) is 0 Å². The Morgan fingerprint density at radius 3 is 2.63 bits per heavy atom. The molecule has 1 aromatic carbocycles. The molecule has 0 unspecified atom stereocenters. The summed E-state index contributed by atoms with van der Waals surface area (Å²) < 4.78 is 27.2. The summed E-state index contributed by atoms with van der Waals surface area (Å²) in [6, 6.07) is 2.00. The van der Waals surface area contributed by atoms with Crippen molar-refractivity contribution >= 4 is 17.4 Å². The van der Waals surface area contributed by atoms with E-state index in [1.54, 1.807) is 13.8 Å². The first-order chi connectivity index (χ1) is 8.91. The molecular weight excluding hydrogens is 254 g/mol. The van der Waals surface area contributed by atoms with Crippen LogP contribution in [0.4, 0.5) is 20.3 Å². The molecule has 0 atom stereocenters. The molecule has 0 saturated carbocycles. The van der Waals surface area contributed by atoms with Crippen LogP contribution in [-0.2, 0) is 0 Å². The van der Waals surface area contributed by atoms with E-state index in [-0.39, 0.29) is 11.5 Å². The number of nitrogens with two attached hydrogens (primary N) is 1. The third kappa shape index (κ3) is 2.26. The van der Waals surface area contributed by atoms with Crippen LogP contribution in [0.15, 0.2) is 12.1 Å². The van der Waals surface area contributed by atoms with Gasteiger partial charge in [-0.25, -0.2) is 8.78 Å². The molecule has 0 aliphatic rings. The fourth-order valence-corrected chi connectivity index (χ4v) is 1.55. The maximum Gasteiger partial charge on any atom is 0.262 e. The summed E-state index contributed by atoms with van der Waals surface area (Å²) in [6.45, 7) is 3.49. The Balaban J connectivity index is 2.36. The van der Waals surface area contributed by atoms with Crippen molar-refractivity contribution in [3.63, 3.8) is 0 Å². The number of carbonyl (C=O) groups is 1. The van der Waals surface area contributed by atoms with Crippen molar-refractivity contribution in [3.8, 4) is 0 Å². The number of nitrogen functional groups attached to an aromatic ring is 1. The molecule has 0 aliphatic carbocycles. The summed E-state index contributed by atoms with van der Waals surface area (Å²) in [5.41, 5.74) is 5.74. The van der Waals surface area contributed by atoms with E-state index in [1.807, 2.05) is 0 Å². The van der Waals surface area contributed by atoms with Crippen LogP contribution in [0.3, 0.4) is 0 Å². The second-order valence-electron chi connectivity index (χ2n) is 4.10. The van der Waals surface area contributed by atoms with Crippen LogP contribution in [-0.4, -0.2) is 16.1 Å². The molecule has 2 aromatic rings. The zero-order valence-electron chi connectivity index (χ0n) is 10.3. The third-order valence-electron chi connectivity index (χ3n) is 2.83. The van der Waals surface area contributed by atoms with Crippen molar-refractivity contribution in [3.05, 3.63) is 40.6 Å². The number of nitrogens with one attached hydrogen (secondary N) is 2. The zero-order valence-corrected chi connectivity index (χ0v) is 10.3. The Kier molecular flexibility index (Phi) is 3.20. The van der Waals surface area contributed by atoms with Gasteiger partial charge in [-0.15, -0.1) is 0 Å². The number of hydrogen-bond acceptors (Lipinski definition) is 3. The summed E-state index contributed by atoms with van der Waals surface area (Å²) in [4.78, 5) is 11.9. The van der Waals surface area contributed by atoms with Crippen LogP contribution in [0.5, 0.6) is 0 Å². The van der Waals surface area contributed by atoms with E-state index in [1.165, 1.54) is 0 Å². The van der Waals surface area contributed by atoms with Gasteiger partial charge in [0.1, 0.15) is 11.4 Å². The van der Waals surface area contributed by atoms with Gasteiger partial charge in [-0.3, -0.25) is 9.89 Å². The number of hydrogen-bond donors (Lipinski definition) is 3. The lowest BCUT2D eigenvalue weighted by atomic mass is 10.1. The number of anilines is 2. The molecule has 5 nitrogen and oxygen atoms in total. The Bertz CT molecular complexity index is 651. The second kappa shape index (κ2) is 4.68. The van der Waals surface area contributed by atoms with E-state index < -0.39 is 23.1 Å². The zero-order chi connectivity index (χ0) is 14.2. The van der Waals surface area contributed by atoms with Crippen LogP contribution >= 0.6 is 0 Å². The fraction of sp³-hybridized carbons (Fsp3) is 0.167. The predicted molar refractivity (Wildman–Crippen MR) is 66.8 cm³/mol. The standard InChI is InChI=1S/C12H12F2N4O/c1-5-6(2)17-18-11(5)16-12(19)9-7(13)3-4-8(15)10(9)14/h3-4H,15H2,1-2H3,(H2,16,17,18,19). The molecule has 100 valence electrons. The lowest BCUT2D eigenvalue weighted by molar-refractivity contribution is 0.101.